The van der Waals surface area contributed by atoms with Crippen LogP contribution >= 0.6 is 0 Å². The van der Waals surface area contributed by atoms with Crippen LogP contribution in [0.4, 0.5) is 0 Å². The molecule has 0 saturated heterocycles. The molecule has 0 spiro atoms. The largest absolute Gasteiger partial charge is 0.379 e. The van der Waals surface area contributed by atoms with Gasteiger partial charge in [0.25, 0.3) is 0 Å². The molecule has 1 atom stereocenters. The minimum absolute atomic E-state index is 0.000923. The minimum atomic E-state index is -0.385. The van der Waals surface area contributed by atoms with Crippen LogP contribution in [0.15, 0.2) is 24.3 Å². The third-order valence-corrected chi connectivity index (χ3v) is 3.38. The predicted octanol–water partition coefficient (Wildman–Crippen LogP) is 2.53. The molecule has 1 aromatic carbocycles. The summed E-state index contributed by atoms with van der Waals surface area (Å²) in [6, 6.07) is 7.70. The van der Waals surface area contributed by atoms with Gasteiger partial charge in [-0.2, -0.15) is 0 Å². The minimum Gasteiger partial charge on any atom is -0.379 e. The average Bonchev–Trinajstić information content (AvgIpc) is 2.38. The van der Waals surface area contributed by atoms with Gasteiger partial charge in [0.15, 0.2) is 0 Å². The SMILES string of the molecule is CCOCC(C)(C)NC(=O)C(c1ccccc1C)N(C)C. The predicted molar refractivity (Wildman–Crippen MR) is 86.3 cm³/mol. The second-order valence-electron chi connectivity index (χ2n) is 6.23. The number of nitrogens with zero attached hydrogens (tertiary/aromatic N) is 1. The number of likely N-dealkylation sites (N-methyl/N-ethyl adjacent to an activating group) is 1. The molecule has 0 bridgehead atoms. The monoisotopic (exact) mass is 292 g/mol. The van der Waals surface area contributed by atoms with Gasteiger partial charge < -0.3 is 10.1 Å². The number of carbonyl (C=O) groups is 1. The maximum absolute atomic E-state index is 12.7. The molecule has 1 N–H and O–H groups in total. The normalized spacial score (nSPS) is 13.3. The summed E-state index contributed by atoms with van der Waals surface area (Å²) in [5, 5.41) is 3.09. The van der Waals surface area contributed by atoms with Gasteiger partial charge in [0.2, 0.25) is 5.91 Å². The first-order valence-electron chi connectivity index (χ1n) is 7.40. The van der Waals surface area contributed by atoms with Crippen LogP contribution in [0.1, 0.15) is 37.9 Å². The first-order valence-corrected chi connectivity index (χ1v) is 7.40. The Morgan fingerprint density at radius 2 is 1.95 bits per heavy atom. The van der Waals surface area contributed by atoms with E-state index in [1.807, 2.05) is 71.0 Å². The second kappa shape index (κ2) is 7.57. The molecule has 0 radical (unpaired) electrons. The molecule has 118 valence electrons. The zero-order chi connectivity index (χ0) is 16.0. The fourth-order valence-corrected chi connectivity index (χ4v) is 2.34. The number of benzene rings is 1. The highest BCUT2D eigenvalue weighted by molar-refractivity contribution is 5.84. The molecular formula is C17H28N2O2. The van der Waals surface area contributed by atoms with Crippen molar-refractivity contribution in [1.82, 2.24) is 10.2 Å². The van der Waals surface area contributed by atoms with Crippen LogP contribution in [-0.2, 0) is 9.53 Å². The quantitative estimate of drug-likeness (QED) is 0.839. The van der Waals surface area contributed by atoms with E-state index in [1.54, 1.807) is 0 Å². The van der Waals surface area contributed by atoms with Gasteiger partial charge in [0, 0.05) is 6.61 Å². The van der Waals surface area contributed by atoms with Crippen LogP contribution in [0.5, 0.6) is 0 Å². The Bertz CT molecular complexity index is 470. The Balaban J connectivity index is 2.92. The van der Waals surface area contributed by atoms with E-state index in [1.165, 1.54) is 0 Å². The van der Waals surface area contributed by atoms with Crippen LogP contribution in [-0.4, -0.2) is 43.7 Å². The van der Waals surface area contributed by atoms with Crippen molar-refractivity contribution in [3.05, 3.63) is 35.4 Å². The number of amides is 1. The van der Waals surface area contributed by atoms with Crippen molar-refractivity contribution >= 4 is 5.91 Å². The number of carbonyl (C=O) groups excluding carboxylic acids is 1. The van der Waals surface area contributed by atoms with E-state index in [0.717, 1.165) is 11.1 Å². The lowest BCUT2D eigenvalue weighted by molar-refractivity contribution is -0.128. The third kappa shape index (κ3) is 5.14. The van der Waals surface area contributed by atoms with Crippen molar-refractivity contribution in [3.63, 3.8) is 0 Å². The lowest BCUT2D eigenvalue weighted by atomic mass is 9.98. The molecule has 0 aliphatic carbocycles. The number of hydrogen-bond donors (Lipinski definition) is 1. The average molecular weight is 292 g/mol. The summed E-state index contributed by atoms with van der Waals surface area (Å²) < 4.78 is 5.44. The maximum Gasteiger partial charge on any atom is 0.242 e. The van der Waals surface area contributed by atoms with Crippen LogP contribution < -0.4 is 5.32 Å². The van der Waals surface area contributed by atoms with Crippen molar-refractivity contribution in [3.8, 4) is 0 Å². The van der Waals surface area contributed by atoms with Gasteiger partial charge in [-0.1, -0.05) is 24.3 Å². The first kappa shape index (κ1) is 17.7. The molecule has 4 heteroatoms. The van der Waals surface area contributed by atoms with Gasteiger partial charge in [-0.15, -0.1) is 0 Å². The number of aryl methyl sites for hydroxylation is 1. The van der Waals surface area contributed by atoms with E-state index in [4.69, 9.17) is 4.74 Å². The topological polar surface area (TPSA) is 41.6 Å². The molecule has 1 aromatic rings. The van der Waals surface area contributed by atoms with Crippen LogP contribution in [0.25, 0.3) is 0 Å². The summed E-state index contributed by atoms with van der Waals surface area (Å²) in [7, 11) is 3.85. The van der Waals surface area contributed by atoms with Crippen molar-refractivity contribution in [2.24, 2.45) is 0 Å². The third-order valence-electron chi connectivity index (χ3n) is 3.38. The Morgan fingerprint density at radius 1 is 1.33 bits per heavy atom. The molecule has 0 aromatic heterocycles. The van der Waals surface area contributed by atoms with Gasteiger partial charge in [-0.05, 0) is 52.9 Å². The van der Waals surface area contributed by atoms with E-state index in [-0.39, 0.29) is 17.5 Å². The molecule has 0 saturated carbocycles. The van der Waals surface area contributed by atoms with E-state index >= 15 is 0 Å². The lowest BCUT2D eigenvalue weighted by Crippen LogP contribution is -2.50. The highest BCUT2D eigenvalue weighted by Crippen LogP contribution is 2.22. The molecule has 0 aliphatic rings. The van der Waals surface area contributed by atoms with Crippen LogP contribution in [0.3, 0.4) is 0 Å². The van der Waals surface area contributed by atoms with Gasteiger partial charge in [-0.25, -0.2) is 0 Å². The summed E-state index contributed by atoms with van der Waals surface area (Å²) in [5.74, 6) is -0.000923. The van der Waals surface area contributed by atoms with E-state index in [9.17, 15) is 4.79 Å². The highest BCUT2D eigenvalue weighted by atomic mass is 16.5. The van der Waals surface area contributed by atoms with E-state index in [0.29, 0.717) is 13.2 Å². The Hall–Kier alpha value is -1.39. The van der Waals surface area contributed by atoms with Crippen molar-refractivity contribution in [1.29, 1.82) is 0 Å². The molecule has 1 rings (SSSR count). The van der Waals surface area contributed by atoms with E-state index in [2.05, 4.69) is 5.32 Å². The molecule has 1 unspecified atom stereocenters. The molecule has 21 heavy (non-hydrogen) atoms. The first-order chi connectivity index (χ1) is 9.78. The molecule has 1 amide bonds. The van der Waals surface area contributed by atoms with Crippen LogP contribution in [0, 0.1) is 6.92 Å². The lowest BCUT2D eigenvalue weighted by Gasteiger charge is -2.31. The smallest absolute Gasteiger partial charge is 0.242 e. The van der Waals surface area contributed by atoms with Crippen LogP contribution in [0.2, 0.25) is 0 Å². The van der Waals surface area contributed by atoms with Gasteiger partial charge >= 0.3 is 0 Å². The Kier molecular flexibility index (Phi) is 6.37. The standard InChI is InChI=1S/C17H28N2O2/c1-7-21-12-17(3,4)18-16(20)15(19(5)6)14-11-9-8-10-13(14)2/h8-11,15H,7,12H2,1-6H3,(H,18,20). The zero-order valence-electron chi connectivity index (χ0n) is 14.1. The Morgan fingerprint density at radius 3 is 2.48 bits per heavy atom. The summed E-state index contributed by atoms with van der Waals surface area (Å²) in [6.45, 7) is 9.09. The molecule has 4 nitrogen and oxygen atoms in total. The summed E-state index contributed by atoms with van der Waals surface area (Å²) in [6.07, 6.45) is 0. The highest BCUT2D eigenvalue weighted by Gasteiger charge is 2.29. The molecule has 0 aliphatic heterocycles. The van der Waals surface area contributed by atoms with Crippen molar-refractivity contribution in [2.75, 3.05) is 27.3 Å². The van der Waals surface area contributed by atoms with E-state index < -0.39 is 0 Å². The molecule has 0 fully saturated rings. The van der Waals surface area contributed by atoms with Crippen molar-refractivity contribution in [2.45, 2.75) is 39.3 Å². The van der Waals surface area contributed by atoms with Gasteiger partial charge in [0.05, 0.1) is 12.1 Å². The number of nitrogens with one attached hydrogen (secondary N) is 1. The summed E-state index contributed by atoms with van der Waals surface area (Å²) in [4.78, 5) is 14.6. The maximum atomic E-state index is 12.7. The molecule has 0 heterocycles. The van der Waals surface area contributed by atoms with Crippen molar-refractivity contribution < 1.29 is 9.53 Å². The number of hydrogen-bond acceptors (Lipinski definition) is 3. The second-order valence-corrected chi connectivity index (χ2v) is 6.23. The molecular weight excluding hydrogens is 264 g/mol. The number of ether oxygens (including phenoxy) is 1. The fraction of sp³-hybridized carbons (Fsp3) is 0.588. The zero-order valence-corrected chi connectivity index (χ0v) is 14.1. The fourth-order valence-electron chi connectivity index (χ4n) is 2.34. The van der Waals surface area contributed by atoms with Gasteiger partial charge in [0.1, 0.15) is 6.04 Å². The summed E-state index contributed by atoms with van der Waals surface area (Å²) in [5.41, 5.74) is 1.77. The number of rotatable bonds is 7. The summed E-state index contributed by atoms with van der Waals surface area (Å²) >= 11 is 0. The Labute approximate surface area is 128 Å². The van der Waals surface area contributed by atoms with Gasteiger partial charge in [-0.3, -0.25) is 9.69 Å².